The van der Waals surface area contributed by atoms with Gasteiger partial charge in [0.05, 0.1) is 6.54 Å². The van der Waals surface area contributed by atoms with Gasteiger partial charge in [-0.3, -0.25) is 9.59 Å². The fourth-order valence-electron chi connectivity index (χ4n) is 1.83. The third-order valence-electron chi connectivity index (χ3n) is 3.10. The van der Waals surface area contributed by atoms with Crippen molar-refractivity contribution in [2.45, 2.75) is 26.9 Å². The molecule has 116 valence electrons. The van der Waals surface area contributed by atoms with Crippen molar-refractivity contribution in [2.24, 2.45) is 0 Å². The summed E-state index contributed by atoms with van der Waals surface area (Å²) in [7, 11) is 0. The molecule has 2 rings (SSSR count). The summed E-state index contributed by atoms with van der Waals surface area (Å²) >= 11 is 5.87. The highest BCUT2D eigenvalue weighted by Gasteiger charge is 2.15. The smallest absolute Gasteiger partial charge is 0.313 e. The van der Waals surface area contributed by atoms with Crippen molar-refractivity contribution in [3.05, 3.63) is 40.9 Å². The molecule has 0 radical (unpaired) electrons. The second-order valence-corrected chi connectivity index (χ2v) is 5.07. The molecule has 7 nitrogen and oxygen atoms in total. The van der Waals surface area contributed by atoms with Crippen LogP contribution in [0.25, 0.3) is 0 Å². The fraction of sp³-hybridized carbons (Fsp3) is 0.286. The number of halogens is 1. The highest BCUT2D eigenvalue weighted by atomic mass is 35.5. The molecule has 0 bridgehead atoms. The van der Waals surface area contributed by atoms with Crippen molar-refractivity contribution >= 4 is 29.1 Å². The van der Waals surface area contributed by atoms with E-state index < -0.39 is 11.8 Å². The minimum atomic E-state index is -0.757. The minimum Gasteiger partial charge on any atom is -0.341 e. The van der Waals surface area contributed by atoms with Gasteiger partial charge >= 0.3 is 11.8 Å². The molecule has 0 aliphatic carbocycles. The van der Waals surface area contributed by atoms with E-state index >= 15 is 0 Å². The van der Waals surface area contributed by atoms with Crippen molar-refractivity contribution in [1.82, 2.24) is 20.1 Å². The third-order valence-corrected chi connectivity index (χ3v) is 3.33. The van der Waals surface area contributed by atoms with Gasteiger partial charge in [-0.05, 0) is 31.5 Å². The van der Waals surface area contributed by atoms with E-state index in [0.29, 0.717) is 23.1 Å². The number of carbonyl (C=O) groups is 2. The van der Waals surface area contributed by atoms with Crippen molar-refractivity contribution < 1.29 is 9.59 Å². The van der Waals surface area contributed by atoms with Gasteiger partial charge in [0.2, 0.25) is 0 Å². The van der Waals surface area contributed by atoms with Crippen molar-refractivity contribution in [3.63, 3.8) is 0 Å². The molecular weight excluding hydrogens is 306 g/mol. The summed E-state index contributed by atoms with van der Waals surface area (Å²) in [6.07, 6.45) is 1.57. The largest absolute Gasteiger partial charge is 0.341 e. The zero-order valence-corrected chi connectivity index (χ0v) is 13.0. The monoisotopic (exact) mass is 321 g/mol. The summed E-state index contributed by atoms with van der Waals surface area (Å²) in [5.74, 6) is -0.916. The summed E-state index contributed by atoms with van der Waals surface area (Å²) in [4.78, 5) is 23.7. The Labute approximate surface area is 132 Å². The standard InChI is InChI=1S/C14H16ClN5O2/c1-3-20-8-17-19-12(20)7-16-13(21)14(22)18-11-6-10(15)5-4-9(11)2/h4-6,8H,3,7H2,1-2H3,(H,16,21)(H,18,22). The molecule has 0 atom stereocenters. The number of nitrogens with one attached hydrogen (secondary N) is 2. The number of hydrogen-bond acceptors (Lipinski definition) is 4. The van der Waals surface area contributed by atoms with Crippen LogP contribution < -0.4 is 10.6 Å². The summed E-state index contributed by atoms with van der Waals surface area (Å²) < 4.78 is 1.78. The molecule has 0 saturated carbocycles. The molecule has 1 heterocycles. The topological polar surface area (TPSA) is 88.9 Å². The van der Waals surface area contributed by atoms with Crippen LogP contribution in [-0.4, -0.2) is 26.6 Å². The lowest BCUT2D eigenvalue weighted by atomic mass is 10.2. The second kappa shape index (κ2) is 7.04. The SMILES string of the molecule is CCn1cnnc1CNC(=O)C(=O)Nc1cc(Cl)ccc1C. The number of hydrogen-bond donors (Lipinski definition) is 2. The predicted molar refractivity (Wildman–Crippen MR) is 82.4 cm³/mol. The molecule has 0 aliphatic heterocycles. The number of nitrogens with zero attached hydrogens (tertiary/aromatic N) is 3. The highest BCUT2D eigenvalue weighted by molar-refractivity contribution is 6.39. The summed E-state index contributed by atoms with van der Waals surface area (Å²) in [5, 5.41) is 13.1. The Hall–Kier alpha value is -2.41. The average Bonchev–Trinajstić information content (AvgIpc) is 2.95. The van der Waals surface area contributed by atoms with E-state index in [9.17, 15) is 9.59 Å². The lowest BCUT2D eigenvalue weighted by Crippen LogP contribution is -2.35. The Kier molecular flexibility index (Phi) is 5.11. The van der Waals surface area contributed by atoms with E-state index in [1.807, 2.05) is 13.8 Å². The summed E-state index contributed by atoms with van der Waals surface area (Å²) in [6, 6.07) is 5.07. The maximum atomic E-state index is 11.9. The molecule has 0 spiro atoms. The first-order valence-corrected chi connectivity index (χ1v) is 7.11. The van der Waals surface area contributed by atoms with Crippen LogP contribution >= 0.6 is 11.6 Å². The normalized spacial score (nSPS) is 10.3. The second-order valence-electron chi connectivity index (χ2n) is 4.63. The molecular formula is C14H16ClN5O2. The van der Waals surface area contributed by atoms with Gasteiger partial charge in [-0.15, -0.1) is 10.2 Å². The first kappa shape index (κ1) is 16.0. The van der Waals surface area contributed by atoms with Crippen molar-refractivity contribution in [3.8, 4) is 0 Å². The minimum absolute atomic E-state index is 0.134. The van der Waals surface area contributed by atoms with Crippen LogP contribution in [-0.2, 0) is 22.7 Å². The van der Waals surface area contributed by atoms with E-state index in [0.717, 1.165) is 5.56 Å². The molecule has 0 aliphatic rings. The van der Waals surface area contributed by atoms with Crippen LogP contribution in [0, 0.1) is 6.92 Å². The van der Waals surface area contributed by atoms with E-state index in [-0.39, 0.29) is 6.54 Å². The number of carbonyl (C=O) groups excluding carboxylic acids is 2. The molecule has 2 aromatic rings. The molecule has 1 aromatic carbocycles. The van der Waals surface area contributed by atoms with Crippen LogP contribution in [0.2, 0.25) is 5.02 Å². The Balaban J connectivity index is 1.95. The Morgan fingerprint density at radius 2 is 2.09 bits per heavy atom. The van der Waals surface area contributed by atoms with E-state index in [4.69, 9.17) is 11.6 Å². The third kappa shape index (κ3) is 3.82. The first-order chi connectivity index (χ1) is 10.5. The molecule has 0 unspecified atom stereocenters. The van der Waals surface area contributed by atoms with Gasteiger partial charge in [0.15, 0.2) is 5.82 Å². The summed E-state index contributed by atoms with van der Waals surface area (Å²) in [6.45, 7) is 4.57. The number of rotatable bonds is 4. The molecule has 0 fully saturated rings. The maximum Gasteiger partial charge on any atom is 0.313 e. The fourth-order valence-corrected chi connectivity index (χ4v) is 2.00. The molecule has 2 N–H and O–H groups in total. The predicted octanol–water partition coefficient (Wildman–Crippen LogP) is 1.51. The van der Waals surface area contributed by atoms with Gasteiger partial charge in [0, 0.05) is 17.3 Å². The highest BCUT2D eigenvalue weighted by Crippen LogP contribution is 2.19. The van der Waals surface area contributed by atoms with Crippen molar-refractivity contribution in [1.29, 1.82) is 0 Å². The van der Waals surface area contributed by atoms with Gasteiger partial charge in [-0.1, -0.05) is 17.7 Å². The van der Waals surface area contributed by atoms with E-state index in [1.54, 1.807) is 29.1 Å². The quantitative estimate of drug-likeness (QED) is 0.835. The molecule has 1 aromatic heterocycles. The van der Waals surface area contributed by atoms with Crippen LogP contribution in [0.5, 0.6) is 0 Å². The Bertz CT molecular complexity index is 698. The molecule has 0 saturated heterocycles. The zero-order chi connectivity index (χ0) is 16.1. The van der Waals surface area contributed by atoms with Gasteiger partial charge in [-0.25, -0.2) is 0 Å². The van der Waals surface area contributed by atoms with Crippen LogP contribution in [0.15, 0.2) is 24.5 Å². The van der Waals surface area contributed by atoms with Crippen molar-refractivity contribution in [2.75, 3.05) is 5.32 Å². The zero-order valence-electron chi connectivity index (χ0n) is 12.3. The van der Waals surface area contributed by atoms with Crippen LogP contribution in [0.3, 0.4) is 0 Å². The van der Waals surface area contributed by atoms with Gasteiger partial charge in [-0.2, -0.15) is 0 Å². The lowest BCUT2D eigenvalue weighted by Gasteiger charge is -2.09. The van der Waals surface area contributed by atoms with E-state index in [1.165, 1.54) is 0 Å². The maximum absolute atomic E-state index is 11.9. The molecule has 2 amide bonds. The number of anilines is 1. The van der Waals surface area contributed by atoms with Gasteiger partial charge in [0.25, 0.3) is 0 Å². The number of aromatic nitrogens is 3. The Morgan fingerprint density at radius 1 is 1.32 bits per heavy atom. The number of amides is 2. The van der Waals surface area contributed by atoms with Gasteiger partial charge < -0.3 is 15.2 Å². The number of benzene rings is 1. The number of aryl methyl sites for hydroxylation is 2. The molecule has 8 heteroatoms. The van der Waals surface area contributed by atoms with Crippen LogP contribution in [0.1, 0.15) is 18.3 Å². The summed E-state index contributed by atoms with van der Waals surface area (Å²) in [5.41, 5.74) is 1.32. The van der Waals surface area contributed by atoms with E-state index in [2.05, 4.69) is 20.8 Å². The Morgan fingerprint density at radius 3 is 2.82 bits per heavy atom. The first-order valence-electron chi connectivity index (χ1n) is 6.73. The molecule has 22 heavy (non-hydrogen) atoms. The average molecular weight is 322 g/mol. The van der Waals surface area contributed by atoms with Crippen LogP contribution in [0.4, 0.5) is 5.69 Å². The lowest BCUT2D eigenvalue weighted by molar-refractivity contribution is -0.136. The van der Waals surface area contributed by atoms with Gasteiger partial charge in [0.1, 0.15) is 6.33 Å².